The van der Waals surface area contributed by atoms with Crippen LogP contribution in [0, 0.1) is 6.92 Å². The number of hydrogen-bond donors (Lipinski definition) is 1. The first-order valence-electron chi connectivity index (χ1n) is 7.74. The fourth-order valence-electron chi connectivity index (χ4n) is 3.19. The summed E-state index contributed by atoms with van der Waals surface area (Å²) in [4.78, 5) is 4.94. The number of rotatable bonds is 3. The van der Waals surface area contributed by atoms with Crippen LogP contribution in [0.15, 0.2) is 18.2 Å². The average Bonchev–Trinajstić information content (AvgIpc) is 3.27. The molecule has 4 rings (SSSR count). The summed E-state index contributed by atoms with van der Waals surface area (Å²) in [6.45, 7) is 4.04. The highest BCUT2D eigenvalue weighted by atomic mass is 16.5. The van der Waals surface area contributed by atoms with E-state index in [0.717, 1.165) is 30.9 Å². The Bertz CT molecular complexity index is 686. The Morgan fingerprint density at radius 2 is 2.19 bits per heavy atom. The zero-order chi connectivity index (χ0) is 14.4. The fourth-order valence-corrected chi connectivity index (χ4v) is 3.19. The van der Waals surface area contributed by atoms with E-state index in [-0.39, 0.29) is 0 Å². The number of aryl methyl sites for hydroxylation is 1. The smallest absolute Gasteiger partial charge is 0.142 e. The largest absolute Gasteiger partial charge is 0.495 e. The van der Waals surface area contributed by atoms with E-state index in [9.17, 15) is 0 Å². The number of benzene rings is 1. The van der Waals surface area contributed by atoms with Crippen LogP contribution in [0.5, 0.6) is 5.75 Å². The molecule has 1 N–H and O–H groups in total. The van der Waals surface area contributed by atoms with Crippen molar-refractivity contribution >= 4 is 0 Å². The summed E-state index contributed by atoms with van der Waals surface area (Å²) in [7, 11) is 1.75. The van der Waals surface area contributed by atoms with Crippen LogP contribution in [0.2, 0.25) is 0 Å². The number of aromatic nitrogens is 2. The third-order valence-corrected chi connectivity index (χ3v) is 4.43. The van der Waals surface area contributed by atoms with Crippen molar-refractivity contribution in [3.63, 3.8) is 0 Å². The summed E-state index contributed by atoms with van der Waals surface area (Å²) < 4.78 is 7.98. The molecule has 2 heterocycles. The molecule has 1 fully saturated rings. The monoisotopic (exact) mass is 283 g/mol. The minimum atomic E-state index is 0.626. The molecule has 4 nitrogen and oxygen atoms in total. The maximum absolute atomic E-state index is 5.61. The zero-order valence-corrected chi connectivity index (χ0v) is 12.6. The third kappa shape index (κ3) is 2.14. The molecular weight excluding hydrogens is 262 g/mol. The molecule has 0 saturated heterocycles. The van der Waals surface area contributed by atoms with Gasteiger partial charge >= 0.3 is 0 Å². The summed E-state index contributed by atoms with van der Waals surface area (Å²) in [6, 6.07) is 6.38. The summed E-state index contributed by atoms with van der Waals surface area (Å²) in [5.74, 6) is 2.79. The lowest BCUT2D eigenvalue weighted by Crippen LogP contribution is -2.24. The molecule has 2 aromatic rings. The Kier molecular flexibility index (Phi) is 3.00. The minimum absolute atomic E-state index is 0.626. The summed E-state index contributed by atoms with van der Waals surface area (Å²) in [6.07, 6.45) is 3.56. The maximum Gasteiger partial charge on any atom is 0.142 e. The molecule has 0 bridgehead atoms. The van der Waals surface area contributed by atoms with Gasteiger partial charge in [-0.1, -0.05) is 6.07 Å². The Balaban J connectivity index is 1.94. The second kappa shape index (κ2) is 4.88. The van der Waals surface area contributed by atoms with E-state index in [4.69, 9.17) is 9.72 Å². The maximum atomic E-state index is 5.61. The first-order valence-corrected chi connectivity index (χ1v) is 7.74. The molecule has 1 saturated carbocycles. The van der Waals surface area contributed by atoms with Crippen LogP contribution >= 0.6 is 0 Å². The lowest BCUT2D eigenvalue weighted by atomic mass is 10.1. The average molecular weight is 283 g/mol. The van der Waals surface area contributed by atoms with Crippen molar-refractivity contribution in [3.8, 4) is 11.4 Å². The van der Waals surface area contributed by atoms with E-state index in [0.29, 0.717) is 5.92 Å². The summed E-state index contributed by atoms with van der Waals surface area (Å²) in [5, 5.41) is 3.43. The Morgan fingerprint density at radius 1 is 1.33 bits per heavy atom. The van der Waals surface area contributed by atoms with E-state index in [2.05, 4.69) is 35.0 Å². The van der Waals surface area contributed by atoms with Crippen molar-refractivity contribution in [1.82, 2.24) is 14.9 Å². The predicted molar refractivity (Wildman–Crippen MR) is 82.2 cm³/mol. The van der Waals surface area contributed by atoms with Gasteiger partial charge in [0.1, 0.15) is 11.6 Å². The highest BCUT2D eigenvalue weighted by Crippen LogP contribution is 2.42. The number of nitrogens with zero attached hydrogens (tertiary/aromatic N) is 2. The van der Waals surface area contributed by atoms with Crippen molar-refractivity contribution in [2.75, 3.05) is 13.7 Å². The van der Waals surface area contributed by atoms with Gasteiger partial charge in [-0.15, -0.1) is 0 Å². The van der Waals surface area contributed by atoms with Crippen molar-refractivity contribution in [3.05, 3.63) is 41.0 Å². The molecule has 110 valence electrons. The molecule has 0 radical (unpaired) electrons. The molecular formula is C17H21N3O. The second-order valence-electron chi connectivity index (χ2n) is 6.08. The van der Waals surface area contributed by atoms with Gasteiger partial charge in [-0.2, -0.15) is 0 Å². The number of ether oxygens (including phenoxy) is 1. The van der Waals surface area contributed by atoms with Gasteiger partial charge < -0.3 is 10.1 Å². The molecule has 2 aliphatic rings. The molecule has 1 aliphatic heterocycles. The standard InChI is InChI=1S/C17H21N3O/c1-11-3-6-16(21-2)15(9-11)20-14-7-8-18-10-13(14)19-17(20)12-4-5-12/h3,6,9,12,18H,4-5,7-8,10H2,1-2H3. The lowest BCUT2D eigenvalue weighted by molar-refractivity contribution is 0.412. The Morgan fingerprint density at radius 3 is 2.95 bits per heavy atom. The van der Waals surface area contributed by atoms with E-state index in [1.54, 1.807) is 7.11 Å². The molecule has 0 unspecified atom stereocenters. The number of hydrogen-bond acceptors (Lipinski definition) is 3. The van der Waals surface area contributed by atoms with Crippen LogP contribution in [0.4, 0.5) is 0 Å². The van der Waals surface area contributed by atoms with Crippen molar-refractivity contribution in [2.24, 2.45) is 0 Å². The van der Waals surface area contributed by atoms with E-state index >= 15 is 0 Å². The highest BCUT2D eigenvalue weighted by molar-refractivity contribution is 5.52. The highest BCUT2D eigenvalue weighted by Gasteiger charge is 2.33. The van der Waals surface area contributed by atoms with Gasteiger partial charge in [0.2, 0.25) is 0 Å². The summed E-state index contributed by atoms with van der Waals surface area (Å²) in [5.41, 5.74) is 4.98. The molecule has 1 aromatic heterocycles. The SMILES string of the molecule is COc1ccc(C)cc1-n1c(C2CC2)nc2c1CCNC2. The normalized spacial score (nSPS) is 17.6. The summed E-state index contributed by atoms with van der Waals surface area (Å²) >= 11 is 0. The zero-order valence-electron chi connectivity index (χ0n) is 12.6. The van der Waals surface area contributed by atoms with Crippen LogP contribution in [0.1, 0.15) is 41.5 Å². The lowest BCUT2D eigenvalue weighted by Gasteiger charge is -2.18. The van der Waals surface area contributed by atoms with Crippen molar-refractivity contribution in [1.29, 1.82) is 0 Å². The van der Waals surface area contributed by atoms with E-state index in [1.807, 2.05) is 0 Å². The molecule has 0 atom stereocenters. The second-order valence-corrected chi connectivity index (χ2v) is 6.08. The van der Waals surface area contributed by atoms with Crippen LogP contribution in [-0.4, -0.2) is 23.2 Å². The number of methoxy groups -OCH3 is 1. The number of nitrogens with one attached hydrogen (secondary N) is 1. The topological polar surface area (TPSA) is 39.1 Å². The van der Waals surface area contributed by atoms with Gasteiger partial charge in [-0.3, -0.25) is 4.57 Å². The molecule has 21 heavy (non-hydrogen) atoms. The van der Waals surface area contributed by atoms with E-state index < -0.39 is 0 Å². The number of fused-ring (bicyclic) bond motifs is 1. The predicted octanol–water partition coefficient (Wildman–Crippen LogP) is 2.71. The van der Waals surface area contributed by atoms with Crippen LogP contribution in [0.25, 0.3) is 5.69 Å². The molecule has 1 aliphatic carbocycles. The quantitative estimate of drug-likeness (QED) is 0.941. The number of imidazole rings is 1. The van der Waals surface area contributed by atoms with Gasteiger partial charge in [0.25, 0.3) is 0 Å². The Labute approximate surface area is 125 Å². The van der Waals surface area contributed by atoms with Crippen molar-refractivity contribution in [2.45, 2.75) is 38.6 Å². The van der Waals surface area contributed by atoms with Gasteiger partial charge in [-0.05, 0) is 37.5 Å². The molecule has 4 heteroatoms. The third-order valence-electron chi connectivity index (χ3n) is 4.43. The van der Waals surface area contributed by atoms with Crippen LogP contribution in [-0.2, 0) is 13.0 Å². The van der Waals surface area contributed by atoms with Gasteiger partial charge in [0.15, 0.2) is 0 Å². The Hall–Kier alpha value is -1.81. The van der Waals surface area contributed by atoms with Crippen LogP contribution < -0.4 is 10.1 Å². The van der Waals surface area contributed by atoms with Crippen molar-refractivity contribution < 1.29 is 4.74 Å². The molecule has 0 amide bonds. The van der Waals surface area contributed by atoms with Gasteiger partial charge in [-0.25, -0.2) is 4.98 Å². The van der Waals surface area contributed by atoms with E-state index in [1.165, 1.54) is 35.6 Å². The minimum Gasteiger partial charge on any atom is -0.495 e. The molecule has 0 spiro atoms. The fraction of sp³-hybridized carbons (Fsp3) is 0.471. The first kappa shape index (κ1) is 12.9. The first-order chi connectivity index (χ1) is 10.3. The van der Waals surface area contributed by atoms with Crippen LogP contribution in [0.3, 0.4) is 0 Å². The van der Waals surface area contributed by atoms with Gasteiger partial charge in [0.05, 0.1) is 18.5 Å². The molecule has 1 aromatic carbocycles. The van der Waals surface area contributed by atoms with Gasteiger partial charge in [0, 0.05) is 31.1 Å².